The first-order chi connectivity index (χ1) is 20.7. The highest BCUT2D eigenvalue weighted by Crippen LogP contribution is 2.36. The second kappa shape index (κ2) is 12.3. The van der Waals surface area contributed by atoms with Crippen molar-refractivity contribution in [3.05, 3.63) is 93.6 Å². The fourth-order valence-corrected chi connectivity index (χ4v) is 5.83. The van der Waals surface area contributed by atoms with E-state index in [4.69, 9.17) is 21.3 Å². The second-order valence-electron chi connectivity index (χ2n) is 10.1. The lowest BCUT2D eigenvalue weighted by atomic mass is 10.0. The average molecular weight is 604 g/mol. The van der Waals surface area contributed by atoms with Crippen LogP contribution in [0.5, 0.6) is 0 Å². The van der Waals surface area contributed by atoms with Gasteiger partial charge in [-0.1, -0.05) is 62.4 Å². The summed E-state index contributed by atoms with van der Waals surface area (Å²) in [6.45, 7) is 7.95. The monoisotopic (exact) mass is 603 g/mol. The molecule has 222 valence electrons. The number of pyridine rings is 1. The molecule has 0 aliphatic carbocycles. The van der Waals surface area contributed by atoms with Crippen LogP contribution in [0.3, 0.4) is 0 Å². The number of aryl methyl sites for hydroxylation is 2. The number of nitrogens with zero attached hydrogens (tertiary/aromatic N) is 5. The van der Waals surface area contributed by atoms with Crippen molar-refractivity contribution in [1.29, 1.82) is 0 Å². The zero-order valence-corrected chi connectivity index (χ0v) is 24.9. The lowest BCUT2D eigenvalue weighted by Crippen LogP contribution is -2.58. The van der Waals surface area contributed by atoms with E-state index in [0.29, 0.717) is 23.9 Å². The van der Waals surface area contributed by atoms with Gasteiger partial charge in [-0.2, -0.15) is 4.98 Å². The first-order valence-corrected chi connectivity index (χ1v) is 14.4. The number of benzene rings is 2. The summed E-state index contributed by atoms with van der Waals surface area (Å²) in [4.78, 5) is 51.9. The van der Waals surface area contributed by atoms with Gasteiger partial charge in [0.2, 0.25) is 5.91 Å². The largest absolute Gasteiger partial charge is 0.467 e. The Morgan fingerprint density at radius 3 is 2.42 bits per heavy atom. The van der Waals surface area contributed by atoms with Crippen LogP contribution < -0.4 is 10.6 Å². The minimum atomic E-state index is -0.965. The Bertz CT molecular complexity index is 1780. The molecule has 1 unspecified atom stereocenters. The van der Waals surface area contributed by atoms with E-state index in [-0.39, 0.29) is 53.3 Å². The minimum absolute atomic E-state index is 0.00307. The molecule has 4 aromatic rings. The molecule has 3 heterocycles. The number of amides is 1. The van der Waals surface area contributed by atoms with Gasteiger partial charge in [-0.25, -0.2) is 23.5 Å². The number of halogens is 2. The SMILES string of the molecule is C=CC(=O)N1CCN(c2nc(=O)n(-c3c(CC)cccc3CC)c3nc(-c4ccccc4F)c(Cl)cc23)C(C(=O)OC)C1. The van der Waals surface area contributed by atoms with E-state index < -0.39 is 23.5 Å². The summed E-state index contributed by atoms with van der Waals surface area (Å²) in [5, 5.41) is 0.524. The zero-order chi connectivity index (χ0) is 30.8. The zero-order valence-electron chi connectivity index (χ0n) is 24.1. The molecule has 1 saturated heterocycles. The lowest BCUT2D eigenvalue weighted by molar-refractivity contribution is -0.144. The molecule has 0 radical (unpaired) electrons. The number of carbonyl (C=O) groups is 2. The molecule has 11 heteroatoms. The molecular weight excluding hydrogens is 573 g/mol. The molecule has 1 fully saturated rings. The Hall–Kier alpha value is -4.57. The molecule has 0 N–H and O–H groups in total. The maximum Gasteiger partial charge on any atom is 0.355 e. The van der Waals surface area contributed by atoms with E-state index in [9.17, 15) is 18.8 Å². The summed E-state index contributed by atoms with van der Waals surface area (Å²) in [5.74, 6) is -1.29. The van der Waals surface area contributed by atoms with Gasteiger partial charge in [0.15, 0.2) is 5.65 Å². The normalized spacial score (nSPS) is 15.0. The Labute approximate surface area is 253 Å². The van der Waals surface area contributed by atoms with Gasteiger partial charge < -0.3 is 14.5 Å². The number of carbonyl (C=O) groups excluding carboxylic acids is 2. The van der Waals surface area contributed by atoms with E-state index in [1.165, 1.54) is 28.7 Å². The summed E-state index contributed by atoms with van der Waals surface area (Å²) in [5.41, 5.74) is 2.39. The predicted molar refractivity (Wildman–Crippen MR) is 164 cm³/mol. The molecule has 0 spiro atoms. The molecular formula is C32H31ClFN5O4. The van der Waals surface area contributed by atoms with Gasteiger partial charge in [-0.15, -0.1) is 0 Å². The van der Waals surface area contributed by atoms with Crippen LogP contribution in [0.2, 0.25) is 5.02 Å². The number of anilines is 1. The molecule has 43 heavy (non-hydrogen) atoms. The first-order valence-electron chi connectivity index (χ1n) is 14.0. The summed E-state index contributed by atoms with van der Waals surface area (Å²) in [6.07, 6.45) is 2.45. The number of esters is 1. The number of hydrogen-bond acceptors (Lipinski definition) is 7. The van der Waals surface area contributed by atoms with Gasteiger partial charge in [-0.05, 0) is 48.2 Å². The number of methoxy groups -OCH3 is 1. The molecule has 1 amide bonds. The number of para-hydroxylation sites is 1. The number of ether oxygens (including phenoxy) is 1. The van der Waals surface area contributed by atoms with Crippen molar-refractivity contribution >= 4 is 40.3 Å². The molecule has 0 bridgehead atoms. The predicted octanol–water partition coefficient (Wildman–Crippen LogP) is 4.74. The topological polar surface area (TPSA) is 97.6 Å². The third kappa shape index (κ3) is 5.38. The standard InChI is InChI=1S/C32H31ClFN5O4/c1-5-19-11-10-12-20(6-2)28(19)39-30-22(17-23(33)27(35-30)21-13-8-9-14-24(21)34)29(36-32(39)42)38-16-15-37(26(40)7-3)18-25(38)31(41)43-4/h7-14,17,25H,3,5-6,15-16,18H2,1-2,4H3. The van der Waals surface area contributed by atoms with Crippen LogP contribution in [0.4, 0.5) is 10.2 Å². The number of rotatable bonds is 7. The van der Waals surface area contributed by atoms with Gasteiger partial charge >= 0.3 is 11.7 Å². The molecule has 1 aliphatic heterocycles. The molecule has 2 aromatic heterocycles. The molecule has 1 aliphatic rings. The number of aromatic nitrogens is 3. The van der Waals surface area contributed by atoms with Gasteiger partial charge in [0, 0.05) is 18.7 Å². The van der Waals surface area contributed by atoms with Crippen LogP contribution in [-0.2, 0) is 27.2 Å². The molecule has 0 saturated carbocycles. The molecule has 1 atom stereocenters. The molecule has 5 rings (SSSR count). The first kappa shape index (κ1) is 29.9. The van der Waals surface area contributed by atoms with Crippen molar-refractivity contribution in [1.82, 2.24) is 19.4 Å². The number of piperazine rings is 1. The van der Waals surface area contributed by atoms with E-state index in [0.717, 1.165) is 11.1 Å². The van der Waals surface area contributed by atoms with Crippen molar-refractivity contribution < 1.29 is 18.7 Å². The van der Waals surface area contributed by atoms with Gasteiger partial charge in [0.05, 0.1) is 35.4 Å². The van der Waals surface area contributed by atoms with Crippen molar-refractivity contribution in [2.75, 3.05) is 31.6 Å². The fourth-order valence-electron chi connectivity index (χ4n) is 5.57. The van der Waals surface area contributed by atoms with Gasteiger partial charge in [-0.3, -0.25) is 4.79 Å². The van der Waals surface area contributed by atoms with E-state index in [1.807, 2.05) is 32.0 Å². The smallest absolute Gasteiger partial charge is 0.355 e. The summed E-state index contributed by atoms with van der Waals surface area (Å²) in [7, 11) is 1.26. The van der Waals surface area contributed by atoms with Crippen LogP contribution in [0, 0.1) is 5.82 Å². The van der Waals surface area contributed by atoms with Crippen molar-refractivity contribution in [2.24, 2.45) is 0 Å². The lowest BCUT2D eigenvalue weighted by Gasteiger charge is -2.40. The van der Waals surface area contributed by atoms with Crippen LogP contribution in [0.25, 0.3) is 28.0 Å². The van der Waals surface area contributed by atoms with Crippen molar-refractivity contribution in [3.8, 4) is 16.9 Å². The Kier molecular flexibility index (Phi) is 8.59. The molecule has 9 nitrogen and oxygen atoms in total. The van der Waals surface area contributed by atoms with Crippen LogP contribution >= 0.6 is 11.6 Å². The Balaban J connectivity index is 1.84. The quantitative estimate of drug-likeness (QED) is 0.222. The van der Waals surface area contributed by atoms with E-state index >= 15 is 0 Å². The maximum absolute atomic E-state index is 15.0. The summed E-state index contributed by atoms with van der Waals surface area (Å²) < 4.78 is 21.5. The maximum atomic E-state index is 15.0. The minimum Gasteiger partial charge on any atom is -0.467 e. The van der Waals surface area contributed by atoms with Crippen LogP contribution in [0.1, 0.15) is 25.0 Å². The molecule has 2 aromatic carbocycles. The van der Waals surface area contributed by atoms with Crippen molar-refractivity contribution in [2.45, 2.75) is 32.7 Å². The Morgan fingerprint density at radius 2 is 1.79 bits per heavy atom. The Morgan fingerprint density at radius 1 is 1.09 bits per heavy atom. The summed E-state index contributed by atoms with van der Waals surface area (Å²) >= 11 is 6.77. The fraction of sp³-hybridized carbons (Fsp3) is 0.281. The van der Waals surface area contributed by atoms with Gasteiger partial charge in [0.1, 0.15) is 17.7 Å². The van der Waals surface area contributed by atoms with Crippen LogP contribution in [0.15, 0.2) is 66.0 Å². The highest BCUT2D eigenvalue weighted by atomic mass is 35.5. The second-order valence-corrected chi connectivity index (χ2v) is 10.5. The highest BCUT2D eigenvalue weighted by molar-refractivity contribution is 6.34. The van der Waals surface area contributed by atoms with Crippen molar-refractivity contribution in [3.63, 3.8) is 0 Å². The number of hydrogen-bond donors (Lipinski definition) is 0. The van der Waals surface area contributed by atoms with E-state index in [2.05, 4.69) is 11.6 Å². The van der Waals surface area contributed by atoms with Crippen LogP contribution in [-0.4, -0.2) is 64.1 Å². The number of fused-ring (bicyclic) bond motifs is 1. The third-order valence-electron chi connectivity index (χ3n) is 7.73. The highest BCUT2D eigenvalue weighted by Gasteiger charge is 2.37. The average Bonchev–Trinajstić information content (AvgIpc) is 3.03. The van der Waals surface area contributed by atoms with Gasteiger partial charge in [0.25, 0.3) is 0 Å². The summed E-state index contributed by atoms with van der Waals surface area (Å²) in [6, 6.07) is 12.6. The third-order valence-corrected chi connectivity index (χ3v) is 8.02. The van der Waals surface area contributed by atoms with E-state index in [1.54, 1.807) is 29.2 Å².